The fourth-order valence-electron chi connectivity index (χ4n) is 2.07. The first-order valence-corrected chi connectivity index (χ1v) is 7.89. The molecule has 0 saturated carbocycles. The van der Waals surface area contributed by atoms with Crippen molar-refractivity contribution >= 4 is 28.9 Å². The average Bonchev–Trinajstić information content (AvgIpc) is 2.50. The first-order chi connectivity index (χ1) is 11.0. The molecule has 0 atom stereocenters. The lowest BCUT2D eigenvalue weighted by atomic mass is 10.2. The predicted molar refractivity (Wildman–Crippen MR) is 95.5 cm³/mol. The van der Waals surface area contributed by atoms with Crippen LogP contribution in [0.3, 0.4) is 0 Å². The van der Waals surface area contributed by atoms with Gasteiger partial charge in [-0.2, -0.15) is 0 Å². The molecular weight excluding hydrogens is 312 g/mol. The monoisotopic (exact) mass is 332 g/mol. The SMILES string of the molecule is Cc1c(Cl)cccc1NC(=O)CNc1cccc(OC(C)C)c1. The Morgan fingerprint density at radius 1 is 1.22 bits per heavy atom. The molecule has 0 unspecified atom stereocenters. The van der Waals surface area contributed by atoms with Gasteiger partial charge in [-0.25, -0.2) is 0 Å². The van der Waals surface area contributed by atoms with Gasteiger partial charge in [-0.15, -0.1) is 0 Å². The molecule has 0 bridgehead atoms. The number of halogens is 1. The van der Waals surface area contributed by atoms with Gasteiger partial charge in [0.25, 0.3) is 0 Å². The molecule has 2 rings (SSSR count). The van der Waals surface area contributed by atoms with Gasteiger partial charge in [0.15, 0.2) is 0 Å². The summed E-state index contributed by atoms with van der Waals surface area (Å²) in [5.74, 6) is 0.640. The van der Waals surface area contributed by atoms with E-state index in [1.165, 1.54) is 0 Å². The Morgan fingerprint density at radius 3 is 2.70 bits per heavy atom. The summed E-state index contributed by atoms with van der Waals surface area (Å²) >= 11 is 6.05. The molecule has 0 aliphatic carbocycles. The predicted octanol–water partition coefficient (Wildman–Crippen LogP) is 4.49. The fraction of sp³-hybridized carbons (Fsp3) is 0.278. The van der Waals surface area contributed by atoms with Gasteiger partial charge in [-0.1, -0.05) is 23.7 Å². The van der Waals surface area contributed by atoms with E-state index in [1.54, 1.807) is 6.07 Å². The van der Waals surface area contributed by atoms with Crippen molar-refractivity contribution < 1.29 is 9.53 Å². The van der Waals surface area contributed by atoms with E-state index in [9.17, 15) is 4.79 Å². The average molecular weight is 333 g/mol. The normalized spacial score (nSPS) is 10.5. The first-order valence-electron chi connectivity index (χ1n) is 7.51. The molecule has 4 nitrogen and oxygen atoms in total. The third-order valence-corrected chi connectivity index (χ3v) is 3.61. The van der Waals surface area contributed by atoms with Crippen LogP contribution in [0.2, 0.25) is 5.02 Å². The number of ether oxygens (including phenoxy) is 1. The van der Waals surface area contributed by atoms with Crippen molar-refractivity contribution in [3.63, 3.8) is 0 Å². The maximum absolute atomic E-state index is 12.1. The van der Waals surface area contributed by atoms with Gasteiger partial charge < -0.3 is 15.4 Å². The number of benzene rings is 2. The third kappa shape index (κ3) is 5.18. The van der Waals surface area contributed by atoms with Crippen molar-refractivity contribution in [1.29, 1.82) is 0 Å². The first kappa shape index (κ1) is 17.2. The number of amides is 1. The van der Waals surface area contributed by atoms with Crippen molar-refractivity contribution in [2.45, 2.75) is 26.9 Å². The molecule has 0 radical (unpaired) electrons. The lowest BCUT2D eigenvalue weighted by Crippen LogP contribution is -2.22. The van der Waals surface area contributed by atoms with Crippen LogP contribution in [0, 0.1) is 6.92 Å². The number of hydrogen-bond acceptors (Lipinski definition) is 3. The van der Waals surface area contributed by atoms with Gasteiger partial charge in [0.05, 0.1) is 12.6 Å². The van der Waals surface area contributed by atoms with Crippen molar-refractivity contribution in [2.75, 3.05) is 17.2 Å². The molecule has 0 heterocycles. The molecule has 5 heteroatoms. The van der Waals surface area contributed by atoms with Crippen LogP contribution in [0.4, 0.5) is 11.4 Å². The van der Waals surface area contributed by atoms with Gasteiger partial charge in [-0.05, 0) is 50.6 Å². The van der Waals surface area contributed by atoms with Crippen LogP contribution in [-0.2, 0) is 4.79 Å². The summed E-state index contributed by atoms with van der Waals surface area (Å²) in [5, 5.41) is 6.57. The molecule has 2 aromatic rings. The zero-order chi connectivity index (χ0) is 16.8. The summed E-state index contributed by atoms with van der Waals surface area (Å²) < 4.78 is 5.63. The maximum atomic E-state index is 12.1. The number of rotatable bonds is 6. The molecule has 23 heavy (non-hydrogen) atoms. The Labute approximate surface area is 141 Å². The van der Waals surface area contributed by atoms with E-state index in [0.717, 1.165) is 22.7 Å². The molecule has 1 amide bonds. The van der Waals surface area contributed by atoms with E-state index in [1.807, 2.05) is 57.2 Å². The quantitative estimate of drug-likeness (QED) is 0.819. The number of hydrogen-bond donors (Lipinski definition) is 2. The Balaban J connectivity index is 1.93. The van der Waals surface area contributed by atoms with Gasteiger partial charge in [0.1, 0.15) is 5.75 Å². The summed E-state index contributed by atoms with van der Waals surface area (Å²) in [7, 11) is 0. The van der Waals surface area contributed by atoms with E-state index in [0.29, 0.717) is 5.02 Å². The molecule has 0 fully saturated rings. The highest BCUT2D eigenvalue weighted by atomic mass is 35.5. The Kier molecular flexibility index (Phi) is 5.88. The second kappa shape index (κ2) is 7.88. The minimum atomic E-state index is -0.134. The zero-order valence-corrected chi connectivity index (χ0v) is 14.3. The molecule has 0 aliphatic rings. The molecule has 0 aromatic heterocycles. The van der Waals surface area contributed by atoms with Gasteiger partial charge >= 0.3 is 0 Å². The van der Waals surface area contributed by atoms with Crippen molar-refractivity contribution in [3.8, 4) is 5.75 Å². The second-order valence-corrected chi connectivity index (χ2v) is 5.92. The Hall–Kier alpha value is -2.20. The van der Waals surface area contributed by atoms with Crippen molar-refractivity contribution in [1.82, 2.24) is 0 Å². The molecule has 122 valence electrons. The lowest BCUT2D eigenvalue weighted by molar-refractivity contribution is -0.114. The minimum Gasteiger partial charge on any atom is -0.491 e. The standard InChI is InChI=1S/C18H21ClN2O2/c1-12(2)23-15-7-4-6-14(10-15)20-11-18(22)21-17-9-5-8-16(19)13(17)3/h4-10,12,20H,11H2,1-3H3,(H,21,22). The zero-order valence-electron chi connectivity index (χ0n) is 13.5. The van der Waals surface area contributed by atoms with Crippen molar-refractivity contribution in [3.05, 3.63) is 53.1 Å². The van der Waals surface area contributed by atoms with Crippen LogP contribution < -0.4 is 15.4 Å². The lowest BCUT2D eigenvalue weighted by Gasteiger charge is -2.13. The van der Waals surface area contributed by atoms with Crippen LogP contribution in [0.5, 0.6) is 5.75 Å². The Bertz CT molecular complexity index is 686. The van der Waals surface area contributed by atoms with Gasteiger partial charge in [-0.3, -0.25) is 4.79 Å². The van der Waals surface area contributed by atoms with E-state index in [-0.39, 0.29) is 18.6 Å². The van der Waals surface area contributed by atoms with Crippen molar-refractivity contribution in [2.24, 2.45) is 0 Å². The summed E-state index contributed by atoms with van der Waals surface area (Å²) in [4.78, 5) is 12.1. The highest BCUT2D eigenvalue weighted by molar-refractivity contribution is 6.31. The van der Waals surface area contributed by atoms with E-state index >= 15 is 0 Å². The van der Waals surface area contributed by atoms with Crippen LogP contribution in [0.15, 0.2) is 42.5 Å². The van der Waals surface area contributed by atoms with E-state index in [2.05, 4.69) is 10.6 Å². The largest absolute Gasteiger partial charge is 0.491 e. The number of nitrogens with one attached hydrogen (secondary N) is 2. The van der Waals surface area contributed by atoms with Crippen LogP contribution in [0.25, 0.3) is 0 Å². The number of anilines is 2. The molecule has 2 aromatic carbocycles. The van der Waals surface area contributed by atoms with E-state index in [4.69, 9.17) is 16.3 Å². The summed E-state index contributed by atoms with van der Waals surface area (Å²) in [6.45, 7) is 5.98. The molecule has 0 spiro atoms. The van der Waals surface area contributed by atoms with Crippen LogP contribution in [0.1, 0.15) is 19.4 Å². The number of carbonyl (C=O) groups excluding carboxylic acids is 1. The Morgan fingerprint density at radius 2 is 1.96 bits per heavy atom. The number of carbonyl (C=O) groups is 1. The third-order valence-electron chi connectivity index (χ3n) is 3.20. The topological polar surface area (TPSA) is 50.4 Å². The molecule has 0 aliphatic heterocycles. The summed E-state index contributed by atoms with van der Waals surface area (Å²) in [6, 6.07) is 13.0. The van der Waals surface area contributed by atoms with E-state index < -0.39 is 0 Å². The van der Waals surface area contributed by atoms with Crippen LogP contribution >= 0.6 is 11.6 Å². The van der Waals surface area contributed by atoms with Gasteiger partial charge in [0.2, 0.25) is 5.91 Å². The highest BCUT2D eigenvalue weighted by Gasteiger charge is 2.07. The highest BCUT2D eigenvalue weighted by Crippen LogP contribution is 2.23. The minimum absolute atomic E-state index is 0.111. The molecule has 0 saturated heterocycles. The summed E-state index contributed by atoms with van der Waals surface area (Å²) in [5.41, 5.74) is 2.41. The smallest absolute Gasteiger partial charge is 0.243 e. The van der Waals surface area contributed by atoms with Gasteiger partial charge in [0, 0.05) is 22.5 Å². The maximum Gasteiger partial charge on any atom is 0.243 e. The molecule has 2 N–H and O–H groups in total. The molecular formula is C18H21ClN2O2. The van der Waals surface area contributed by atoms with Crippen LogP contribution in [-0.4, -0.2) is 18.6 Å². The fourth-order valence-corrected chi connectivity index (χ4v) is 2.25. The second-order valence-electron chi connectivity index (χ2n) is 5.51. The summed E-state index contributed by atoms with van der Waals surface area (Å²) in [6.07, 6.45) is 0.111.